The van der Waals surface area contributed by atoms with Gasteiger partial charge in [0.2, 0.25) is 0 Å². The first-order chi connectivity index (χ1) is 9.63. The lowest BCUT2D eigenvalue weighted by Gasteiger charge is -2.38. The lowest BCUT2D eigenvalue weighted by molar-refractivity contribution is 0.257. The fourth-order valence-corrected chi connectivity index (χ4v) is 3.00. The van der Waals surface area contributed by atoms with Gasteiger partial charge in [-0.2, -0.15) is 0 Å². The average molecular weight is 276 g/mol. The molecule has 4 nitrogen and oxygen atoms in total. The van der Waals surface area contributed by atoms with Crippen LogP contribution >= 0.6 is 0 Å². The Balaban J connectivity index is 2.19. The van der Waals surface area contributed by atoms with Crippen LogP contribution in [-0.4, -0.2) is 49.7 Å². The molecule has 2 rings (SSSR count). The van der Waals surface area contributed by atoms with Crippen LogP contribution in [0.4, 0.5) is 5.82 Å². The van der Waals surface area contributed by atoms with Crippen molar-refractivity contribution >= 4 is 5.82 Å². The molecular formula is C16H28N4. The van der Waals surface area contributed by atoms with E-state index in [1.54, 1.807) is 0 Å². The Hall–Kier alpha value is -1.13. The molecule has 1 saturated heterocycles. The first kappa shape index (κ1) is 15.3. The summed E-state index contributed by atoms with van der Waals surface area (Å²) in [6, 6.07) is 5.23. The number of rotatable bonds is 5. The minimum atomic E-state index is 0.350. The van der Waals surface area contributed by atoms with E-state index in [-0.39, 0.29) is 0 Å². The summed E-state index contributed by atoms with van der Waals surface area (Å²) in [6.45, 7) is 7.55. The van der Waals surface area contributed by atoms with Crippen molar-refractivity contribution < 1.29 is 0 Å². The number of hydrogen-bond acceptors (Lipinski definition) is 4. The molecule has 2 heterocycles. The van der Waals surface area contributed by atoms with E-state index in [4.69, 9.17) is 0 Å². The topological polar surface area (TPSA) is 31.4 Å². The SMILES string of the molecule is CCNC(C)c1cccnc1N1CCCC(N(C)C)C1. The normalized spacial score (nSPS) is 21.2. The Bertz CT molecular complexity index is 419. The molecule has 1 aromatic rings. The summed E-state index contributed by atoms with van der Waals surface area (Å²) in [7, 11) is 4.35. The third-order valence-corrected chi connectivity index (χ3v) is 4.22. The average Bonchev–Trinajstić information content (AvgIpc) is 2.47. The summed E-state index contributed by atoms with van der Waals surface area (Å²) in [5.74, 6) is 1.16. The fraction of sp³-hybridized carbons (Fsp3) is 0.688. The first-order valence-electron chi connectivity index (χ1n) is 7.73. The van der Waals surface area contributed by atoms with Gasteiger partial charge in [-0.15, -0.1) is 0 Å². The van der Waals surface area contributed by atoms with Gasteiger partial charge in [-0.25, -0.2) is 4.98 Å². The largest absolute Gasteiger partial charge is 0.355 e. The number of nitrogens with zero attached hydrogens (tertiary/aromatic N) is 3. The Labute approximate surface area is 123 Å². The Morgan fingerprint density at radius 1 is 1.50 bits per heavy atom. The van der Waals surface area contributed by atoms with Gasteiger partial charge >= 0.3 is 0 Å². The number of piperidine rings is 1. The van der Waals surface area contributed by atoms with Gasteiger partial charge in [0.1, 0.15) is 5.82 Å². The second-order valence-electron chi connectivity index (χ2n) is 5.90. The van der Waals surface area contributed by atoms with E-state index in [1.165, 1.54) is 18.4 Å². The van der Waals surface area contributed by atoms with Gasteiger partial charge in [-0.3, -0.25) is 0 Å². The number of likely N-dealkylation sites (N-methyl/N-ethyl adjacent to an activating group) is 1. The number of aromatic nitrogens is 1. The van der Waals surface area contributed by atoms with Crippen LogP contribution in [0.3, 0.4) is 0 Å². The zero-order valence-electron chi connectivity index (χ0n) is 13.3. The fourth-order valence-electron chi connectivity index (χ4n) is 3.00. The maximum atomic E-state index is 4.67. The van der Waals surface area contributed by atoms with Crippen molar-refractivity contribution in [1.82, 2.24) is 15.2 Å². The van der Waals surface area contributed by atoms with Crippen LogP contribution in [0.1, 0.15) is 38.3 Å². The molecule has 1 aromatic heterocycles. The van der Waals surface area contributed by atoms with Gasteiger partial charge < -0.3 is 15.1 Å². The van der Waals surface area contributed by atoms with Crippen LogP contribution in [0.25, 0.3) is 0 Å². The standard InChI is InChI=1S/C16H28N4/c1-5-17-13(2)15-9-6-10-18-16(15)20-11-7-8-14(12-20)19(3)4/h6,9-10,13-14,17H,5,7-8,11-12H2,1-4H3. The molecule has 1 N–H and O–H groups in total. The molecule has 0 radical (unpaired) electrons. The summed E-state index contributed by atoms with van der Waals surface area (Å²) in [6.07, 6.45) is 4.44. The lowest BCUT2D eigenvalue weighted by Crippen LogP contribution is -2.46. The molecule has 0 amide bonds. The van der Waals surface area contributed by atoms with E-state index >= 15 is 0 Å². The molecule has 1 aliphatic heterocycles. The third-order valence-electron chi connectivity index (χ3n) is 4.22. The maximum Gasteiger partial charge on any atom is 0.133 e. The molecule has 1 aliphatic rings. The molecule has 20 heavy (non-hydrogen) atoms. The molecule has 0 spiro atoms. The molecule has 1 fully saturated rings. The van der Waals surface area contributed by atoms with Gasteiger partial charge in [0.05, 0.1) is 0 Å². The second kappa shape index (κ2) is 7.04. The minimum Gasteiger partial charge on any atom is -0.355 e. The highest BCUT2D eigenvalue weighted by Gasteiger charge is 2.24. The molecular weight excluding hydrogens is 248 g/mol. The van der Waals surface area contributed by atoms with Crippen molar-refractivity contribution in [2.45, 2.75) is 38.8 Å². The molecule has 0 saturated carbocycles. The Kier molecular flexibility index (Phi) is 5.38. The molecule has 0 aromatic carbocycles. The Morgan fingerprint density at radius 2 is 2.30 bits per heavy atom. The van der Waals surface area contributed by atoms with Crippen LogP contribution in [0.5, 0.6) is 0 Å². The summed E-state index contributed by atoms with van der Waals surface area (Å²) in [5, 5.41) is 3.50. The van der Waals surface area contributed by atoms with E-state index in [9.17, 15) is 0 Å². The van der Waals surface area contributed by atoms with E-state index < -0.39 is 0 Å². The van der Waals surface area contributed by atoms with E-state index in [0.717, 1.165) is 25.5 Å². The van der Waals surface area contributed by atoms with Crippen LogP contribution < -0.4 is 10.2 Å². The van der Waals surface area contributed by atoms with Crippen molar-refractivity contribution in [2.75, 3.05) is 38.6 Å². The third kappa shape index (κ3) is 3.49. The predicted octanol–water partition coefficient (Wildman–Crippen LogP) is 2.28. The van der Waals surface area contributed by atoms with Crippen LogP contribution in [0, 0.1) is 0 Å². The van der Waals surface area contributed by atoms with Gasteiger partial charge in [0, 0.05) is 36.9 Å². The van der Waals surface area contributed by atoms with Crippen molar-refractivity contribution in [1.29, 1.82) is 0 Å². The van der Waals surface area contributed by atoms with Gasteiger partial charge in [-0.1, -0.05) is 13.0 Å². The highest BCUT2D eigenvalue weighted by Crippen LogP contribution is 2.27. The summed E-state index contributed by atoms with van der Waals surface area (Å²) in [4.78, 5) is 9.46. The van der Waals surface area contributed by atoms with E-state index in [0.29, 0.717) is 12.1 Å². The van der Waals surface area contributed by atoms with Gasteiger partial charge in [0.25, 0.3) is 0 Å². The number of hydrogen-bond donors (Lipinski definition) is 1. The van der Waals surface area contributed by atoms with Crippen LogP contribution in [0.2, 0.25) is 0 Å². The lowest BCUT2D eigenvalue weighted by atomic mass is 10.0. The zero-order valence-corrected chi connectivity index (χ0v) is 13.3. The van der Waals surface area contributed by atoms with Gasteiger partial charge in [0.15, 0.2) is 0 Å². The summed E-state index contributed by atoms with van der Waals surface area (Å²) < 4.78 is 0. The molecule has 0 aliphatic carbocycles. The summed E-state index contributed by atoms with van der Waals surface area (Å²) in [5.41, 5.74) is 1.31. The monoisotopic (exact) mass is 276 g/mol. The second-order valence-corrected chi connectivity index (χ2v) is 5.90. The predicted molar refractivity (Wildman–Crippen MR) is 85.3 cm³/mol. The van der Waals surface area contributed by atoms with Crippen molar-refractivity contribution in [3.8, 4) is 0 Å². The summed E-state index contributed by atoms with van der Waals surface area (Å²) >= 11 is 0. The quantitative estimate of drug-likeness (QED) is 0.894. The number of pyridine rings is 1. The van der Waals surface area contributed by atoms with Gasteiger partial charge in [-0.05, 0) is 46.5 Å². The number of anilines is 1. The molecule has 2 atom stereocenters. The van der Waals surface area contributed by atoms with E-state index in [2.05, 4.69) is 54.1 Å². The first-order valence-corrected chi connectivity index (χ1v) is 7.73. The highest BCUT2D eigenvalue weighted by atomic mass is 15.2. The van der Waals surface area contributed by atoms with Crippen LogP contribution in [0.15, 0.2) is 18.3 Å². The molecule has 0 bridgehead atoms. The smallest absolute Gasteiger partial charge is 0.133 e. The van der Waals surface area contributed by atoms with Crippen LogP contribution in [-0.2, 0) is 0 Å². The minimum absolute atomic E-state index is 0.350. The van der Waals surface area contributed by atoms with Crippen molar-refractivity contribution in [2.24, 2.45) is 0 Å². The molecule has 112 valence electrons. The number of nitrogens with one attached hydrogen (secondary N) is 1. The highest BCUT2D eigenvalue weighted by molar-refractivity contribution is 5.49. The zero-order chi connectivity index (χ0) is 14.5. The maximum absolute atomic E-state index is 4.67. The van der Waals surface area contributed by atoms with E-state index in [1.807, 2.05) is 12.3 Å². The van der Waals surface area contributed by atoms with Crippen molar-refractivity contribution in [3.63, 3.8) is 0 Å². The molecule has 2 unspecified atom stereocenters. The molecule has 4 heteroatoms. The Morgan fingerprint density at radius 3 is 3.00 bits per heavy atom. The van der Waals surface area contributed by atoms with Crippen molar-refractivity contribution in [3.05, 3.63) is 23.9 Å².